The number of hydrogen-bond acceptors (Lipinski definition) is 5. The highest BCUT2D eigenvalue weighted by atomic mass is 32.2. The molecular formula is C22H32N5OS+. The molecule has 0 aliphatic carbocycles. The second-order valence-electron chi connectivity index (χ2n) is 7.75. The van der Waals surface area contributed by atoms with E-state index >= 15 is 0 Å². The second-order valence-corrected chi connectivity index (χ2v) is 8.69. The van der Waals surface area contributed by atoms with Crippen molar-refractivity contribution < 1.29 is 9.69 Å². The van der Waals surface area contributed by atoms with Crippen molar-refractivity contribution in [2.45, 2.75) is 37.1 Å². The van der Waals surface area contributed by atoms with Gasteiger partial charge in [-0.25, -0.2) is 9.97 Å². The fourth-order valence-electron chi connectivity index (χ4n) is 3.29. The molecule has 29 heavy (non-hydrogen) atoms. The number of aromatic nitrogens is 2. The number of aryl methyl sites for hydroxylation is 1. The zero-order chi connectivity index (χ0) is 20.6. The molecule has 1 aliphatic heterocycles. The molecule has 2 heterocycles. The zero-order valence-electron chi connectivity index (χ0n) is 17.7. The van der Waals surface area contributed by atoms with Crippen molar-refractivity contribution in [2.24, 2.45) is 0 Å². The summed E-state index contributed by atoms with van der Waals surface area (Å²) < 4.78 is 0. The molecule has 0 unspecified atom stereocenters. The molecule has 2 aromatic rings. The minimum absolute atomic E-state index is 0.0151. The van der Waals surface area contributed by atoms with Crippen LogP contribution in [0.3, 0.4) is 0 Å². The van der Waals surface area contributed by atoms with Crippen molar-refractivity contribution in [1.29, 1.82) is 0 Å². The molecule has 1 amide bonds. The maximum absolute atomic E-state index is 12.4. The Balaban J connectivity index is 1.63. The lowest BCUT2D eigenvalue weighted by Gasteiger charge is -2.17. The number of amides is 1. The first-order valence-corrected chi connectivity index (χ1v) is 11.5. The Labute approximate surface area is 178 Å². The highest BCUT2D eigenvalue weighted by molar-refractivity contribution is 7.98. The van der Waals surface area contributed by atoms with E-state index < -0.39 is 0 Å². The number of likely N-dealkylation sites (N-methyl/N-ethyl adjacent to an activating group) is 1. The summed E-state index contributed by atoms with van der Waals surface area (Å²) in [4.78, 5) is 25.5. The van der Waals surface area contributed by atoms with Gasteiger partial charge >= 0.3 is 0 Å². The number of carbonyl (C=O) groups is 1. The average molecular weight is 415 g/mol. The standard InChI is InChI=1S/C22H31N5OS/c1-4-19-15-20(27-11-5-6-12-27)25-22(24-19)29-16-17-8-7-9-18(14-17)21(28)23-10-13-26(2)3/h7-9,14-15H,4-6,10-13,16H2,1-3H3,(H,23,28)/p+1. The molecule has 2 N–H and O–H groups in total. The second kappa shape index (κ2) is 10.6. The summed E-state index contributed by atoms with van der Waals surface area (Å²) in [5.74, 6) is 1.78. The Hall–Kier alpha value is -2.12. The van der Waals surface area contributed by atoms with Gasteiger partial charge in [-0.15, -0.1) is 0 Å². The Bertz CT molecular complexity index is 821. The van der Waals surface area contributed by atoms with E-state index in [1.54, 1.807) is 11.8 Å². The zero-order valence-corrected chi connectivity index (χ0v) is 18.5. The van der Waals surface area contributed by atoms with Crippen molar-refractivity contribution in [3.05, 3.63) is 47.2 Å². The number of nitrogens with one attached hydrogen (secondary N) is 2. The van der Waals surface area contributed by atoms with E-state index in [0.29, 0.717) is 12.1 Å². The van der Waals surface area contributed by atoms with Crippen LogP contribution in [-0.4, -0.2) is 56.1 Å². The van der Waals surface area contributed by atoms with E-state index in [1.165, 1.54) is 17.7 Å². The number of anilines is 1. The van der Waals surface area contributed by atoms with Crippen LogP contribution in [0.5, 0.6) is 0 Å². The van der Waals surface area contributed by atoms with Crippen LogP contribution < -0.4 is 15.1 Å². The van der Waals surface area contributed by atoms with Crippen LogP contribution in [0, 0.1) is 0 Å². The minimum atomic E-state index is -0.0151. The summed E-state index contributed by atoms with van der Waals surface area (Å²) in [6.45, 7) is 5.88. The molecule has 1 aliphatic rings. The largest absolute Gasteiger partial charge is 0.356 e. The van der Waals surface area contributed by atoms with Crippen LogP contribution in [0.25, 0.3) is 0 Å². The Morgan fingerprint density at radius 1 is 1.21 bits per heavy atom. The number of benzene rings is 1. The van der Waals surface area contributed by atoms with Gasteiger partial charge in [0.15, 0.2) is 5.16 Å². The van der Waals surface area contributed by atoms with Crippen LogP contribution in [0.2, 0.25) is 0 Å². The van der Waals surface area contributed by atoms with Gasteiger partial charge in [-0.1, -0.05) is 30.8 Å². The fraction of sp³-hybridized carbons (Fsp3) is 0.500. The quantitative estimate of drug-likeness (QED) is 0.484. The molecule has 3 rings (SSSR count). The molecule has 1 fully saturated rings. The number of quaternary nitrogens is 1. The van der Waals surface area contributed by atoms with Gasteiger partial charge in [0.25, 0.3) is 5.91 Å². The van der Waals surface area contributed by atoms with Crippen molar-refractivity contribution in [1.82, 2.24) is 15.3 Å². The number of rotatable bonds is 9. The van der Waals surface area contributed by atoms with Crippen LogP contribution >= 0.6 is 11.8 Å². The van der Waals surface area contributed by atoms with E-state index in [1.807, 2.05) is 18.2 Å². The van der Waals surface area contributed by atoms with E-state index in [-0.39, 0.29) is 5.91 Å². The Kier molecular flexibility index (Phi) is 7.89. The van der Waals surface area contributed by atoms with Gasteiger partial charge in [-0.2, -0.15) is 0 Å². The first-order valence-electron chi connectivity index (χ1n) is 10.5. The fourth-order valence-corrected chi connectivity index (χ4v) is 4.11. The van der Waals surface area contributed by atoms with Gasteiger partial charge in [0.1, 0.15) is 5.82 Å². The van der Waals surface area contributed by atoms with Gasteiger partial charge in [-0.05, 0) is 37.0 Å². The number of hydrogen-bond donors (Lipinski definition) is 2. The SMILES string of the molecule is CCc1cc(N2CCCC2)nc(SCc2cccc(C(=O)NCC[NH+](C)C)c2)n1. The number of carbonyl (C=O) groups excluding carboxylic acids is 1. The first-order chi connectivity index (χ1) is 14.0. The minimum Gasteiger partial charge on any atom is -0.356 e. The van der Waals surface area contributed by atoms with E-state index in [0.717, 1.165) is 54.0 Å². The van der Waals surface area contributed by atoms with Crippen LogP contribution in [-0.2, 0) is 12.2 Å². The highest BCUT2D eigenvalue weighted by Crippen LogP contribution is 2.25. The van der Waals surface area contributed by atoms with Crippen LogP contribution in [0.1, 0.15) is 41.4 Å². The smallest absolute Gasteiger partial charge is 0.251 e. The molecule has 0 bridgehead atoms. The summed E-state index contributed by atoms with van der Waals surface area (Å²) >= 11 is 1.63. The monoisotopic (exact) mass is 414 g/mol. The van der Waals surface area contributed by atoms with Crippen molar-refractivity contribution in [3.8, 4) is 0 Å². The van der Waals surface area contributed by atoms with Gasteiger partial charge < -0.3 is 15.1 Å². The van der Waals surface area contributed by atoms with Crippen LogP contribution in [0.15, 0.2) is 35.5 Å². The van der Waals surface area contributed by atoms with E-state index in [9.17, 15) is 4.79 Å². The van der Waals surface area contributed by atoms with Gasteiger partial charge in [0.2, 0.25) is 0 Å². The lowest BCUT2D eigenvalue weighted by atomic mass is 10.1. The molecule has 0 saturated carbocycles. The van der Waals surface area contributed by atoms with Crippen molar-refractivity contribution >= 4 is 23.5 Å². The van der Waals surface area contributed by atoms with Crippen LogP contribution in [0.4, 0.5) is 5.82 Å². The summed E-state index contributed by atoms with van der Waals surface area (Å²) in [6, 6.07) is 9.96. The number of thioether (sulfide) groups is 1. The molecule has 0 atom stereocenters. The molecular weight excluding hydrogens is 382 g/mol. The predicted molar refractivity (Wildman–Crippen MR) is 119 cm³/mol. The third-order valence-corrected chi connectivity index (χ3v) is 5.92. The summed E-state index contributed by atoms with van der Waals surface area (Å²) in [5, 5.41) is 3.80. The third kappa shape index (κ3) is 6.44. The van der Waals surface area contributed by atoms with Gasteiger partial charge in [-0.3, -0.25) is 4.79 Å². The summed E-state index contributed by atoms with van der Waals surface area (Å²) in [5.41, 5.74) is 2.90. The maximum atomic E-state index is 12.4. The van der Waals surface area contributed by atoms with Gasteiger partial charge in [0.05, 0.1) is 27.2 Å². The molecule has 6 nitrogen and oxygen atoms in total. The third-order valence-electron chi connectivity index (χ3n) is 5.01. The normalized spacial score (nSPS) is 13.9. The maximum Gasteiger partial charge on any atom is 0.251 e. The Morgan fingerprint density at radius 2 is 2.00 bits per heavy atom. The molecule has 7 heteroatoms. The average Bonchev–Trinajstić information content (AvgIpc) is 3.27. The highest BCUT2D eigenvalue weighted by Gasteiger charge is 2.16. The first kappa shape index (κ1) is 21.6. The molecule has 1 aromatic carbocycles. The van der Waals surface area contributed by atoms with Gasteiger partial charge in [0, 0.05) is 36.2 Å². The molecule has 0 radical (unpaired) electrons. The summed E-state index contributed by atoms with van der Waals surface area (Å²) in [7, 11) is 4.16. The van der Waals surface area contributed by atoms with E-state index in [4.69, 9.17) is 9.97 Å². The lowest BCUT2D eigenvalue weighted by Crippen LogP contribution is -3.06. The lowest BCUT2D eigenvalue weighted by molar-refractivity contribution is -0.856. The molecule has 156 valence electrons. The summed E-state index contributed by atoms with van der Waals surface area (Å²) in [6.07, 6.45) is 3.37. The predicted octanol–water partition coefficient (Wildman–Crippen LogP) is 1.81. The molecule has 1 saturated heterocycles. The molecule has 1 aromatic heterocycles. The topological polar surface area (TPSA) is 62.6 Å². The van der Waals surface area contributed by atoms with Crippen molar-refractivity contribution in [3.63, 3.8) is 0 Å². The van der Waals surface area contributed by atoms with E-state index in [2.05, 4.69) is 43.4 Å². The Morgan fingerprint density at radius 3 is 2.72 bits per heavy atom. The van der Waals surface area contributed by atoms with Crippen molar-refractivity contribution in [2.75, 3.05) is 45.2 Å². The number of nitrogens with zero attached hydrogens (tertiary/aromatic N) is 3. The molecule has 0 spiro atoms.